The monoisotopic (exact) mass is 170 g/mol. The average molecular weight is 170 g/mol. The van der Waals surface area contributed by atoms with Crippen LogP contribution >= 0.6 is 0 Å². The quantitative estimate of drug-likeness (QED) is 0.542. The molecule has 2 amide bonds. The van der Waals surface area contributed by atoms with E-state index in [9.17, 15) is 9.59 Å². The number of likely N-dealkylation sites (N-methyl/N-ethyl adjacent to an activating group) is 1. The van der Waals surface area contributed by atoms with Crippen LogP contribution in [0.1, 0.15) is 13.3 Å². The van der Waals surface area contributed by atoms with Gasteiger partial charge in [-0.15, -0.1) is 0 Å². The number of carbonyl (C=O) groups excluding carboxylic acids is 2. The lowest BCUT2D eigenvalue weighted by molar-refractivity contribution is -0.143. The van der Waals surface area contributed by atoms with Crippen LogP contribution in [0.2, 0.25) is 0 Å². The lowest BCUT2D eigenvalue weighted by Crippen LogP contribution is -2.50. The molecule has 1 heterocycles. The fourth-order valence-corrected chi connectivity index (χ4v) is 1.19. The summed E-state index contributed by atoms with van der Waals surface area (Å²) in [5, 5.41) is 0. The van der Waals surface area contributed by atoms with Crippen molar-refractivity contribution in [1.29, 1.82) is 0 Å². The van der Waals surface area contributed by atoms with Crippen molar-refractivity contribution < 1.29 is 9.59 Å². The van der Waals surface area contributed by atoms with Crippen LogP contribution in [-0.4, -0.2) is 48.3 Å². The molecule has 1 rings (SSSR count). The van der Waals surface area contributed by atoms with Crippen molar-refractivity contribution in [3.05, 3.63) is 0 Å². The van der Waals surface area contributed by atoms with Crippen molar-refractivity contribution >= 4 is 11.8 Å². The van der Waals surface area contributed by atoms with Gasteiger partial charge in [0, 0.05) is 26.6 Å². The van der Waals surface area contributed by atoms with Crippen molar-refractivity contribution in [2.45, 2.75) is 13.3 Å². The van der Waals surface area contributed by atoms with Gasteiger partial charge >= 0.3 is 0 Å². The Morgan fingerprint density at radius 1 is 1.50 bits per heavy atom. The lowest BCUT2D eigenvalue weighted by atomic mass is 10.3. The molecule has 0 aromatic heterocycles. The molecule has 0 bridgehead atoms. The number of nitrogens with zero attached hydrogens (tertiary/aromatic N) is 2. The van der Waals surface area contributed by atoms with Crippen molar-refractivity contribution in [2.24, 2.45) is 0 Å². The van der Waals surface area contributed by atoms with E-state index in [0.29, 0.717) is 19.5 Å². The third-order valence-electron chi connectivity index (χ3n) is 2.11. The molecule has 0 aromatic rings. The van der Waals surface area contributed by atoms with Gasteiger partial charge in [0.15, 0.2) is 0 Å². The Morgan fingerprint density at radius 3 is 2.67 bits per heavy atom. The standard InChI is InChI=1S/C8H14N2O2/c1-3-7(11)10-5-4-9(2)8(12)6-10/h3-6H2,1-2H3. The lowest BCUT2D eigenvalue weighted by Gasteiger charge is -2.31. The molecule has 0 radical (unpaired) electrons. The molecule has 0 saturated carbocycles. The Balaban J connectivity index is 2.51. The summed E-state index contributed by atoms with van der Waals surface area (Å²) >= 11 is 0. The van der Waals surface area contributed by atoms with Crippen LogP contribution in [-0.2, 0) is 9.59 Å². The summed E-state index contributed by atoms with van der Waals surface area (Å²) in [5.74, 6) is 0.0968. The summed E-state index contributed by atoms with van der Waals surface area (Å²) in [6.45, 7) is 3.40. The predicted molar refractivity (Wildman–Crippen MR) is 44.5 cm³/mol. The van der Waals surface area contributed by atoms with Crippen LogP contribution in [0.25, 0.3) is 0 Å². The van der Waals surface area contributed by atoms with Crippen LogP contribution in [0.4, 0.5) is 0 Å². The first-order valence-electron chi connectivity index (χ1n) is 4.17. The summed E-state index contributed by atoms with van der Waals surface area (Å²) in [6.07, 6.45) is 0.483. The third kappa shape index (κ3) is 1.75. The van der Waals surface area contributed by atoms with E-state index in [1.807, 2.05) is 6.92 Å². The zero-order valence-electron chi connectivity index (χ0n) is 7.54. The first-order valence-corrected chi connectivity index (χ1v) is 4.17. The Kier molecular flexibility index (Phi) is 2.68. The molecule has 1 fully saturated rings. The van der Waals surface area contributed by atoms with E-state index in [4.69, 9.17) is 0 Å². The molecule has 0 N–H and O–H groups in total. The van der Waals surface area contributed by atoms with Crippen LogP contribution in [0, 0.1) is 0 Å². The normalized spacial score (nSPS) is 18.3. The van der Waals surface area contributed by atoms with Crippen LogP contribution in [0.15, 0.2) is 0 Å². The van der Waals surface area contributed by atoms with E-state index in [1.165, 1.54) is 0 Å². The van der Waals surface area contributed by atoms with Crippen LogP contribution in [0.3, 0.4) is 0 Å². The van der Waals surface area contributed by atoms with Gasteiger partial charge < -0.3 is 9.80 Å². The molecule has 68 valence electrons. The largest absolute Gasteiger partial charge is 0.342 e. The van der Waals surface area contributed by atoms with Crippen molar-refractivity contribution in [3.63, 3.8) is 0 Å². The van der Waals surface area contributed by atoms with Gasteiger partial charge in [0.05, 0.1) is 6.54 Å². The van der Waals surface area contributed by atoms with E-state index in [2.05, 4.69) is 0 Å². The number of hydrogen-bond donors (Lipinski definition) is 0. The predicted octanol–water partition coefficient (Wildman–Crippen LogP) is -0.303. The molecule has 12 heavy (non-hydrogen) atoms. The van der Waals surface area contributed by atoms with Gasteiger partial charge in [0.2, 0.25) is 11.8 Å². The van der Waals surface area contributed by atoms with Gasteiger partial charge in [-0.3, -0.25) is 9.59 Å². The minimum absolute atomic E-state index is 0.0306. The first-order chi connectivity index (χ1) is 5.65. The van der Waals surface area contributed by atoms with Gasteiger partial charge in [-0.25, -0.2) is 0 Å². The fourth-order valence-electron chi connectivity index (χ4n) is 1.19. The highest BCUT2D eigenvalue weighted by atomic mass is 16.2. The highest BCUT2D eigenvalue weighted by molar-refractivity contribution is 5.85. The number of hydrogen-bond acceptors (Lipinski definition) is 2. The van der Waals surface area contributed by atoms with Crippen molar-refractivity contribution in [3.8, 4) is 0 Å². The summed E-state index contributed by atoms with van der Waals surface area (Å²) < 4.78 is 0. The van der Waals surface area contributed by atoms with Crippen LogP contribution < -0.4 is 0 Å². The summed E-state index contributed by atoms with van der Waals surface area (Å²) in [7, 11) is 1.76. The molecule has 0 atom stereocenters. The second kappa shape index (κ2) is 3.56. The first kappa shape index (κ1) is 9.03. The van der Waals surface area contributed by atoms with E-state index >= 15 is 0 Å². The number of amides is 2. The van der Waals surface area contributed by atoms with Crippen LogP contribution in [0.5, 0.6) is 0 Å². The van der Waals surface area contributed by atoms with Gasteiger partial charge in [-0.1, -0.05) is 6.92 Å². The number of piperazine rings is 1. The highest BCUT2D eigenvalue weighted by Gasteiger charge is 2.23. The van der Waals surface area contributed by atoms with Gasteiger partial charge in [0.25, 0.3) is 0 Å². The molecular formula is C8H14N2O2. The Hall–Kier alpha value is -1.06. The van der Waals surface area contributed by atoms with Gasteiger partial charge in [-0.2, -0.15) is 0 Å². The fraction of sp³-hybridized carbons (Fsp3) is 0.750. The summed E-state index contributed by atoms with van der Waals surface area (Å²) in [5.41, 5.74) is 0. The van der Waals surface area contributed by atoms with Gasteiger partial charge in [-0.05, 0) is 0 Å². The molecule has 1 aliphatic heterocycles. The molecule has 0 aromatic carbocycles. The maximum atomic E-state index is 11.2. The smallest absolute Gasteiger partial charge is 0.241 e. The topological polar surface area (TPSA) is 40.6 Å². The molecular weight excluding hydrogens is 156 g/mol. The number of rotatable bonds is 1. The molecule has 0 aliphatic carbocycles. The Labute approximate surface area is 72.1 Å². The molecule has 1 aliphatic rings. The molecule has 4 nitrogen and oxygen atoms in total. The minimum Gasteiger partial charge on any atom is -0.342 e. The number of carbonyl (C=O) groups is 2. The Bertz CT molecular complexity index is 201. The minimum atomic E-state index is 0.0306. The molecule has 1 saturated heterocycles. The second-order valence-electron chi connectivity index (χ2n) is 2.98. The summed E-state index contributed by atoms with van der Waals surface area (Å²) in [4.78, 5) is 25.6. The maximum Gasteiger partial charge on any atom is 0.241 e. The highest BCUT2D eigenvalue weighted by Crippen LogP contribution is 2.02. The third-order valence-corrected chi connectivity index (χ3v) is 2.11. The average Bonchev–Trinajstić information content (AvgIpc) is 2.08. The SMILES string of the molecule is CCC(=O)N1CCN(C)C(=O)C1. The van der Waals surface area contributed by atoms with E-state index in [0.717, 1.165) is 0 Å². The van der Waals surface area contributed by atoms with Gasteiger partial charge in [0.1, 0.15) is 0 Å². The van der Waals surface area contributed by atoms with E-state index < -0.39 is 0 Å². The van der Waals surface area contributed by atoms with Crippen molar-refractivity contribution in [2.75, 3.05) is 26.7 Å². The van der Waals surface area contributed by atoms with E-state index in [-0.39, 0.29) is 18.4 Å². The molecule has 4 heteroatoms. The van der Waals surface area contributed by atoms with Crippen molar-refractivity contribution in [1.82, 2.24) is 9.80 Å². The maximum absolute atomic E-state index is 11.2. The zero-order chi connectivity index (χ0) is 9.14. The molecule has 0 spiro atoms. The second-order valence-corrected chi connectivity index (χ2v) is 2.98. The zero-order valence-corrected chi connectivity index (χ0v) is 7.54. The van der Waals surface area contributed by atoms with E-state index in [1.54, 1.807) is 16.8 Å². The molecule has 0 unspecified atom stereocenters. The Morgan fingerprint density at radius 2 is 2.17 bits per heavy atom. The summed E-state index contributed by atoms with van der Waals surface area (Å²) in [6, 6.07) is 0.